The van der Waals surface area contributed by atoms with Crippen LogP contribution in [0.2, 0.25) is 0 Å². The number of oxime groups is 4. The molecule has 0 aliphatic rings. The summed E-state index contributed by atoms with van der Waals surface area (Å²) in [5.41, 5.74) is 1.88. The maximum Gasteiger partial charge on any atom is 0.101 e. The SMILES string of the molecule is CC(=N\O)/C(C)=N/O.CC(=N\O)/C(C)=N/O.[CH-]=CC(=O)c1ccccc1.[Co].c1ccncc1. The van der Waals surface area contributed by atoms with Gasteiger partial charge in [0.25, 0.3) is 0 Å². The number of rotatable bonds is 4. The van der Waals surface area contributed by atoms with Crippen LogP contribution in [0.5, 0.6) is 0 Å². The van der Waals surface area contributed by atoms with Gasteiger partial charge in [0.05, 0.1) is 0 Å². The number of nitrogens with zero attached hydrogens (tertiary/aromatic N) is 5. The summed E-state index contributed by atoms with van der Waals surface area (Å²) in [5.74, 6) is -0.138. The summed E-state index contributed by atoms with van der Waals surface area (Å²) in [5, 5.41) is 43.3. The largest absolute Gasteiger partial charge is 0.411 e. The fraction of sp³-hybridized carbons (Fsp3) is 0.182. The number of hydrogen-bond acceptors (Lipinski definition) is 10. The fourth-order valence-electron chi connectivity index (χ4n) is 1.30. The molecule has 4 N–H and O–H groups in total. The van der Waals surface area contributed by atoms with Gasteiger partial charge < -0.3 is 25.6 Å². The van der Waals surface area contributed by atoms with Crippen LogP contribution in [-0.2, 0) is 16.8 Å². The zero-order valence-electron chi connectivity index (χ0n) is 18.7. The molecule has 0 spiro atoms. The molecule has 11 heteroatoms. The summed E-state index contributed by atoms with van der Waals surface area (Å²) in [7, 11) is 0. The molecular weight excluding hydrogens is 473 g/mol. The van der Waals surface area contributed by atoms with Gasteiger partial charge in [-0.15, -0.1) is 0 Å². The summed E-state index contributed by atoms with van der Waals surface area (Å²) in [6, 6.07) is 14.6. The average Bonchev–Trinajstić information content (AvgIpc) is 2.88. The summed E-state index contributed by atoms with van der Waals surface area (Å²) in [6.07, 6.45) is 4.56. The van der Waals surface area contributed by atoms with Crippen molar-refractivity contribution in [3.05, 3.63) is 79.1 Å². The zero-order valence-corrected chi connectivity index (χ0v) is 19.7. The Labute approximate surface area is 203 Å². The Kier molecular flexibility index (Phi) is 23.4. The second kappa shape index (κ2) is 22.8. The topological polar surface area (TPSA) is 160 Å². The van der Waals surface area contributed by atoms with Crippen LogP contribution in [0.25, 0.3) is 0 Å². The molecule has 1 aromatic heterocycles. The molecule has 0 unspecified atom stereocenters. The maximum absolute atomic E-state index is 10.8. The average molecular weight is 501 g/mol. The smallest absolute Gasteiger partial charge is 0.101 e. The minimum atomic E-state index is -0.138. The van der Waals surface area contributed by atoms with E-state index in [4.69, 9.17) is 27.4 Å². The van der Waals surface area contributed by atoms with E-state index >= 15 is 0 Å². The number of ketones is 1. The number of aromatic nitrogens is 1. The molecule has 1 radical (unpaired) electrons. The number of hydrogen-bond donors (Lipinski definition) is 4. The van der Waals surface area contributed by atoms with E-state index in [0.717, 1.165) is 6.08 Å². The van der Waals surface area contributed by atoms with Crippen molar-refractivity contribution in [2.75, 3.05) is 0 Å². The van der Waals surface area contributed by atoms with Crippen LogP contribution in [0.3, 0.4) is 0 Å². The van der Waals surface area contributed by atoms with Gasteiger partial charge in [0.2, 0.25) is 0 Å². The number of benzene rings is 1. The van der Waals surface area contributed by atoms with Crippen molar-refractivity contribution in [2.45, 2.75) is 27.7 Å². The quantitative estimate of drug-likeness (QED) is 0.122. The third-order valence-electron chi connectivity index (χ3n) is 3.42. The molecule has 0 fully saturated rings. The number of pyridine rings is 1. The number of allylic oxidation sites excluding steroid dienone is 1. The molecule has 1 aromatic carbocycles. The second-order valence-corrected chi connectivity index (χ2v) is 5.66. The number of carbonyl (C=O) groups is 1. The number of carbonyl (C=O) groups excluding carboxylic acids is 1. The van der Waals surface area contributed by atoms with Crippen molar-refractivity contribution < 1.29 is 42.4 Å². The molecule has 1 heterocycles. The molecule has 181 valence electrons. The standard InChI is InChI=1S/C9H7O.C5H5N.2C4H8N2O2.Co/c1-2-9(10)8-6-4-3-5-7-8;1-2-4-6-5-3-1;2*1-3(5-7)4(2)6-8;/h1-7H;1-5H;2*7-8H,1-2H3;/q-1;;;;/b;;2*5-3+,6-4+;. The van der Waals surface area contributed by atoms with Gasteiger partial charge in [0.1, 0.15) is 22.8 Å². The summed E-state index contributed by atoms with van der Waals surface area (Å²) in [6.45, 7) is 11.2. The van der Waals surface area contributed by atoms with Crippen molar-refractivity contribution in [3.63, 3.8) is 0 Å². The van der Waals surface area contributed by atoms with Crippen LogP contribution in [0.15, 0.2) is 87.6 Å². The molecule has 0 saturated heterocycles. The van der Waals surface area contributed by atoms with Gasteiger partial charge in [-0.1, -0.05) is 62.6 Å². The molecular formula is C22H28CoN5O5-. The van der Waals surface area contributed by atoms with E-state index in [1.54, 1.807) is 36.7 Å². The monoisotopic (exact) mass is 501 g/mol. The van der Waals surface area contributed by atoms with Crippen molar-refractivity contribution in [3.8, 4) is 0 Å². The minimum Gasteiger partial charge on any atom is -0.411 e. The fourth-order valence-corrected chi connectivity index (χ4v) is 1.30. The van der Waals surface area contributed by atoms with Gasteiger partial charge in [0, 0.05) is 35.0 Å². The van der Waals surface area contributed by atoms with Gasteiger partial charge in [-0.2, -0.15) is 6.08 Å². The van der Waals surface area contributed by atoms with Crippen LogP contribution in [0.1, 0.15) is 38.1 Å². The van der Waals surface area contributed by atoms with Gasteiger partial charge in [0.15, 0.2) is 0 Å². The van der Waals surface area contributed by atoms with Crippen molar-refractivity contribution >= 4 is 28.6 Å². The Balaban J connectivity index is -0.000000365. The Morgan fingerprint density at radius 1 is 0.727 bits per heavy atom. The molecule has 0 atom stereocenters. The molecule has 0 saturated carbocycles. The Morgan fingerprint density at radius 2 is 1.06 bits per heavy atom. The van der Waals surface area contributed by atoms with E-state index in [1.165, 1.54) is 27.7 Å². The normalized spacial score (nSPS) is 11.0. The molecule has 0 bridgehead atoms. The molecule has 0 amide bonds. The Hall–Kier alpha value is -3.83. The summed E-state index contributed by atoms with van der Waals surface area (Å²) >= 11 is 0. The second-order valence-electron chi connectivity index (χ2n) is 5.66. The van der Waals surface area contributed by atoms with E-state index in [1.807, 2.05) is 24.3 Å². The first-order valence-electron chi connectivity index (χ1n) is 9.03. The van der Waals surface area contributed by atoms with E-state index < -0.39 is 0 Å². The third kappa shape index (κ3) is 18.6. The predicted octanol–water partition coefficient (Wildman–Crippen LogP) is 4.31. The first-order valence-corrected chi connectivity index (χ1v) is 9.03. The summed E-state index contributed by atoms with van der Waals surface area (Å²) in [4.78, 5) is 14.6. The predicted molar refractivity (Wildman–Crippen MR) is 123 cm³/mol. The third-order valence-corrected chi connectivity index (χ3v) is 3.42. The molecule has 0 aliphatic heterocycles. The van der Waals surface area contributed by atoms with E-state index in [0.29, 0.717) is 28.4 Å². The van der Waals surface area contributed by atoms with E-state index in [9.17, 15) is 4.79 Å². The van der Waals surface area contributed by atoms with Crippen molar-refractivity contribution in [1.82, 2.24) is 4.98 Å². The van der Waals surface area contributed by atoms with Gasteiger partial charge >= 0.3 is 0 Å². The molecule has 33 heavy (non-hydrogen) atoms. The molecule has 0 aliphatic carbocycles. The molecule has 2 aromatic rings. The Bertz CT molecular complexity index is 811. The van der Waals surface area contributed by atoms with E-state index in [-0.39, 0.29) is 22.6 Å². The van der Waals surface area contributed by atoms with Crippen LogP contribution in [0, 0.1) is 6.58 Å². The van der Waals surface area contributed by atoms with Gasteiger partial charge in [-0.3, -0.25) is 11.6 Å². The summed E-state index contributed by atoms with van der Waals surface area (Å²) < 4.78 is 0. The molecule has 10 nitrogen and oxygen atoms in total. The zero-order chi connectivity index (χ0) is 24.8. The molecule has 2 rings (SSSR count). The van der Waals surface area contributed by atoms with Crippen LogP contribution in [-0.4, -0.2) is 54.4 Å². The van der Waals surface area contributed by atoms with Crippen molar-refractivity contribution in [1.29, 1.82) is 0 Å². The van der Waals surface area contributed by atoms with Gasteiger partial charge in [-0.25, -0.2) is 0 Å². The van der Waals surface area contributed by atoms with Gasteiger partial charge in [-0.05, 0) is 39.8 Å². The van der Waals surface area contributed by atoms with Crippen LogP contribution < -0.4 is 0 Å². The maximum atomic E-state index is 10.8. The first-order chi connectivity index (χ1) is 15.3. The Morgan fingerprint density at radius 3 is 1.27 bits per heavy atom. The van der Waals surface area contributed by atoms with Crippen LogP contribution in [0.4, 0.5) is 0 Å². The van der Waals surface area contributed by atoms with Crippen molar-refractivity contribution in [2.24, 2.45) is 20.6 Å². The van der Waals surface area contributed by atoms with Crippen LogP contribution >= 0.6 is 0 Å². The van der Waals surface area contributed by atoms with E-state index in [2.05, 4.69) is 25.6 Å². The minimum absolute atomic E-state index is 0. The first kappa shape index (κ1) is 33.8.